The first-order chi connectivity index (χ1) is 13.2. The molecule has 0 aliphatic carbocycles. The van der Waals surface area contributed by atoms with Gasteiger partial charge >= 0.3 is 0 Å². The van der Waals surface area contributed by atoms with E-state index in [0.29, 0.717) is 28.0 Å². The molecule has 27 heavy (non-hydrogen) atoms. The minimum absolute atomic E-state index is 0.0992. The zero-order chi connectivity index (χ0) is 18.6. The average molecular weight is 357 g/mol. The van der Waals surface area contributed by atoms with Gasteiger partial charge in [-0.15, -0.1) is 0 Å². The predicted molar refractivity (Wildman–Crippen MR) is 102 cm³/mol. The van der Waals surface area contributed by atoms with Gasteiger partial charge in [0, 0.05) is 17.0 Å². The first-order valence-corrected chi connectivity index (χ1v) is 8.36. The molecule has 0 saturated carbocycles. The summed E-state index contributed by atoms with van der Waals surface area (Å²) in [7, 11) is 0. The van der Waals surface area contributed by atoms with Gasteiger partial charge in [-0.2, -0.15) is 0 Å². The van der Waals surface area contributed by atoms with Crippen molar-refractivity contribution in [1.82, 2.24) is 0 Å². The lowest BCUT2D eigenvalue weighted by molar-refractivity contribution is -0.111. The second kappa shape index (κ2) is 7.17. The predicted octanol–water partition coefficient (Wildman–Crippen LogP) is 4.91. The second-order valence-electron chi connectivity index (χ2n) is 5.84. The number of carbonyl (C=O) groups is 2. The lowest BCUT2D eigenvalue weighted by Gasteiger charge is -2.03. The van der Waals surface area contributed by atoms with E-state index in [1.165, 1.54) is 12.3 Å². The highest BCUT2D eigenvalue weighted by Gasteiger charge is 2.22. The Morgan fingerprint density at radius 3 is 2.44 bits per heavy atom. The van der Waals surface area contributed by atoms with Crippen LogP contribution in [-0.4, -0.2) is 11.7 Å². The van der Waals surface area contributed by atoms with Crippen LogP contribution in [0.5, 0.6) is 0 Å². The van der Waals surface area contributed by atoms with E-state index in [2.05, 4.69) is 5.32 Å². The molecule has 0 atom stereocenters. The van der Waals surface area contributed by atoms with Crippen molar-refractivity contribution in [2.45, 2.75) is 0 Å². The summed E-state index contributed by atoms with van der Waals surface area (Å²) in [5, 5.41) is 3.43. The third-order valence-corrected chi connectivity index (χ3v) is 4.03. The molecule has 0 radical (unpaired) electrons. The molecule has 0 unspecified atom stereocenters. The summed E-state index contributed by atoms with van der Waals surface area (Å²) < 4.78 is 10.9. The Morgan fingerprint density at radius 2 is 1.67 bits per heavy atom. The van der Waals surface area contributed by atoms with Gasteiger partial charge in [-0.25, -0.2) is 0 Å². The molecule has 4 aromatic rings. The van der Waals surface area contributed by atoms with Crippen molar-refractivity contribution in [1.29, 1.82) is 0 Å². The fourth-order valence-electron chi connectivity index (χ4n) is 2.76. The molecule has 0 bridgehead atoms. The molecular weight excluding hydrogens is 342 g/mol. The SMILES string of the molecule is O=C(/C=C/c1ccco1)Nc1c(C(=O)c2ccccc2)oc2ccccc12. The van der Waals surface area contributed by atoms with Gasteiger partial charge in [0.1, 0.15) is 11.3 Å². The van der Waals surface area contributed by atoms with Gasteiger partial charge in [0.05, 0.1) is 12.0 Å². The highest BCUT2D eigenvalue weighted by molar-refractivity contribution is 6.18. The van der Waals surface area contributed by atoms with E-state index in [0.717, 1.165) is 0 Å². The van der Waals surface area contributed by atoms with Crippen molar-refractivity contribution in [3.8, 4) is 0 Å². The number of fused-ring (bicyclic) bond motifs is 1. The highest BCUT2D eigenvalue weighted by Crippen LogP contribution is 2.32. The number of benzene rings is 2. The summed E-state index contributed by atoms with van der Waals surface area (Å²) in [4.78, 5) is 25.3. The smallest absolute Gasteiger partial charge is 0.248 e. The summed E-state index contributed by atoms with van der Waals surface area (Å²) in [6.45, 7) is 0. The monoisotopic (exact) mass is 357 g/mol. The molecule has 1 N–H and O–H groups in total. The molecular formula is C22H15NO4. The molecule has 0 aliphatic heterocycles. The number of carbonyl (C=O) groups excluding carboxylic acids is 2. The van der Waals surface area contributed by atoms with Crippen molar-refractivity contribution in [3.05, 3.63) is 96.2 Å². The molecule has 1 amide bonds. The minimum atomic E-state index is -0.389. The van der Waals surface area contributed by atoms with Crippen LogP contribution in [-0.2, 0) is 4.79 Å². The van der Waals surface area contributed by atoms with E-state index >= 15 is 0 Å². The lowest BCUT2D eigenvalue weighted by atomic mass is 10.1. The number of nitrogens with one attached hydrogen (secondary N) is 1. The Bertz CT molecular complexity index is 1120. The molecule has 0 aliphatic rings. The summed E-state index contributed by atoms with van der Waals surface area (Å²) in [5.41, 5.74) is 1.37. The van der Waals surface area contributed by atoms with E-state index in [1.807, 2.05) is 18.2 Å². The average Bonchev–Trinajstić information content (AvgIpc) is 3.35. The quantitative estimate of drug-likeness (QED) is 0.407. The molecule has 0 spiro atoms. The molecule has 0 saturated heterocycles. The van der Waals surface area contributed by atoms with E-state index < -0.39 is 0 Å². The Balaban J connectivity index is 1.70. The molecule has 4 rings (SSSR count). The highest BCUT2D eigenvalue weighted by atomic mass is 16.3. The van der Waals surface area contributed by atoms with Gasteiger partial charge in [-0.1, -0.05) is 42.5 Å². The molecule has 132 valence electrons. The van der Waals surface area contributed by atoms with Crippen LogP contribution in [0.25, 0.3) is 17.0 Å². The Hall–Kier alpha value is -3.86. The van der Waals surface area contributed by atoms with Crippen LogP contribution in [0.4, 0.5) is 5.69 Å². The fourth-order valence-corrected chi connectivity index (χ4v) is 2.76. The Kier molecular flexibility index (Phi) is 4.41. The zero-order valence-corrected chi connectivity index (χ0v) is 14.2. The summed E-state index contributed by atoms with van der Waals surface area (Å²) in [6.07, 6.45) is 4.42. The maximum absolute atomic E-state index is 12.9. The van der Waals surface area contributed by atoms with Crippen molar-refractivity contribution >= 4 is 34.4 Å². The van der Waals surface area contributed by atoms with Crippen LogP contribution in [0.2, 0.25) is 0 Å². The maximum Gasteiger partial charge on any atom is 0.248 e. The van der Waals surface area contributed by atoms with Crippen LogP contribution in [0.3, 0.4) is 0 Å². The maximum atomic E-state index is 12.9. The number of furan rings is 2. The number of hydrogen-bond acceptors (Lipinski definition) is 4. The minimum Gasteiger partial charge on any atom is -0.465 e. The first-order valence-electron chi connectivity index (χ1n) is 8.36. The van der Waals surface area contributed by atoms with Gasteiger partial charge in [-0.3, -0.25) is 9.59 Å². The number of amides is 1. The van der Waals surface area contributed by atoms with Crippen LogP contribution < -0.4 is 5.32 Å². The summed E-state index contributed by atoms with van der Waals surface area (Å²) >= 11 is 0. The van der Waals surface area contributed by atoms with Gasteiger partial charge in [0.2, 0.25) is 11.7 Å². The van der Waals surface area contributed by atoms with Crippen molar-refractivity contribution in [2.75, 3.05) is 5.32 Å². The number of para-hydroxylation sites is 1. The van der Waals surface area contributed by atoms with Crippen molar-refractivity contribution in [2.24, 2.45) is 0 Å². The molecule has 5 nitrogen and oxygen atoms in total. The van der Waals surface area contributed by atoms with E-state index in [4.69, 9.17) is 8.83 Å². The number of ketones is 1. The first kappa shape index (κ1) is 16.6. The van der Waals surface area contributed by atoms with Crippen LogP contribution in [0.15, 0.2) is 87.9 Å². The largest absolute Gasteiger partial charge is 0.465 e. The standard InChI is InChI=1S/C22H15NO4/c24-19(13-12-16-9-6-14-26-16)23-20-17-10-4-5-11-18(17)27-22(20)21(25)15-7-2-1-3-8-15/h1-14H,(H,23,24)/b13-12+. The summed E-state index contributed by atoms with van der Waals surface area (Å²) in [6, 6.07) is 19.5. The zero-order valence-electron chi connectivity index (χ0n) is 14.2. The van der Waals surface area contributed by atoms with Gasteiger partial charge in [-0.05, 0) is 30.3 Å². The molecule has 2 aromatic carbocycles. The fraction of sp³-hybridized carbons (Fsp3) is 0. The molecule has 5 heteroatoms. The second-order valence-corrected chi connectivity index (χ2v) is 5.84. The van der Waals surface area contributed by atoms with Gasteiger partial charge < -0.3 is 14.2 Å². The number of rotatable bonds is 5. The number of anilines is 1. The Labute approximate surface area is 154 Å². The lowest BCUT2D eigenvalue weighted by Crippen LogP contribution is -2.11. The molecule has 2 heterocycles. The normalized spacial score (nSPS) is 11.1. The van der Waals surface area contributed by atoms with E-state index in [1.54, 1.807) is 54.6 Å². The Morgan fingerprint density at radius 1 is 0.889 bits per heavy atom. The van der Waals surface area contributed by atoms with Crippen LogP contribution in [0, 0.1) is 0 Å². The van der Waals surface area contributed by atoms with Crippen LogP contribution >= 0.6 is 0 Å². The van der Waals surface area contributed by atoms with E-state index in [-0.39, 0.29) is 17.5 Å². The van der Waals surface area contributed by atoms with Gasteiger partial charge in [0.25, 0.3) is 0 Å². The third-order valence-electron chi connectivity index (χ3n) is 4.03. The number of hydrogen-bond donors (Lipinski definition) is 1. The van der Waals surface area contributed by atoms with Crippen LogP contribution in [0.1, 0.15) is 21.9 Å². The van der Waals surface area contributed by atoms with Crippen molar-refractivity contribution < 1.29 is 18.4 Å². The van der Waals surface area contributed by atoms with Crippen molar-refractivity contribution in [3.63, 3.8) is 0 Å². The topological polar surface area (TPSA) is 72.5 Å². The molecule has 0 fully saturated rings. The third kappa shape index (κ3) is 3.43. The molecule has 2 aromatic heterocycles. The summed E-state index contributed by atoms with van der Waals surface area (Å²) in [5.74, 6) is -0.0258. The van der Waals surface area contributed by atoms with Gasteiger partial charge in [0.15, 0.2) is 5.76 Å². The van der Waals surface area contributed by atoms with E-state index in [9.17, 15) is 9.59 Å².